The lowest BCUT2D eigenvalue weighted by Crippen LogP contribution is -2.44. The first-order valence-electron chi connectivity index (χ1n) is 9.22. The molecule has 9 heteroatoms. The molecule has 5 rings (SSSR count). The third-order valence-electron chi connectivity index (χ3n) is 6.41. The number of hydrogen-bond donors (Lipinski definition) is 0. The van der Waals surface area contributed by atoms with Crippen LogP contribution in [-0.4, -0.2) is 46.7 Å². The van der Waals surface area contributed by atoms with Gasteiger partial charge in [0.15, 0.2) is 0 Å². The number of aromatic nitrogens is 2. The molecule has 1 aromatic heterocycles. The van der Waals surface area contributed by atoms with Crippen LogP contribution in [0.15, 0.2) is 28.8 Å². The van der Waals surface area contributed by atoms with Crippen molar-refractivity contribution >= 4 is 5.91 Å². The molecule has 3 fully saturated rings. The van der Waals surface area contributed by atoms with Crippen molar-refractivity contribution in [2.45, 2.75) is 31.2 Å². The van der Waals surface area contributed by atoms with Crippen molar-refractivity contribution in [2.75, 3.05) is 13.7 Å². The second-order valence-electron chi connectivity index (χ2n) is 7.80. The van der Waals surface area contributed by atoms with Crippen LogP contribution >= 0.6 is 0 Å². The fourth-order valence-corrected chi connectivity index (χ4v) is 5.34. The predicted octanol–water partition coefficient (Wildman–Crippen LogP) is 3.25. The smallest absolute Gasteiger partial charge is 0.379 e. The molecule has 0 spiro atoms. The number of hydrogen-bond acceptors (Lipinski definition) is 5. The highest BCUT2D eigenvalue weighted by Gasteiger charge is 2.60. The van der Waals surface area contributed by atoms with Crippen LogP contribution in [0.3, 0.4) is 0 Å². The summed E-state index contributed by atoms with van der Waals surface area (Å²) in [5.74, 6) is -0.0350. The summed E-state index contributed by atoms with van der Waals surface area (Å²) in [5.41, 5.74) is 0.843. The monoisotopic (exact) mass is 393 g/mol. The number of amides is 1. The molecular formula is C19H18F3N3O3. The highest BCUT2D eigenvalue weighted by molar-refractivity contribution is 5.95. The normalized spacial score (nSPS) is 31.0. The number of fused-ring (bicyclic) bond motifs is 1. The van der Waals surface area contributed by atoms with E-state index in [9.17, 15) is 18.0 Å². The SMILES string of the molecule is CO[C@@H]1[C@H]2C[C@H]3CN(C(=O)c4ccc(-c5noc(C(F)(F)F)n5)cc4)[C@H]1[C@H]3C2. The van der Waals surface area contributed by atoms with Crippen LogP contribution < -0.4 is 0 Å². The van der Waals surface area contributed by atoms with Crippen LogP contribution in [0.25, 0.3) is 11.4 Å². The number of nitrogens with zero attached hydrogens (tertiary/aromatic N) is 3. The molecule has 0 N–H and O–H groups in total. The van der Waals surface area contributed by atoms with Gasteiger partial charge in [0.1, 0.15) is 0 Å². The number of benzene rings is 1. The van der Waals surface area contributed by atoms with Gasteiger partial charge >= 0.3 is 12.1 Å². The molecule has 28 heavy (non-hydrogen) atoms. The van der Waals surface area contributed by atoms with Gasteiger partial charge in [0, 0.05) is 24.8 Å². The van der Waals surface area contributed by atoms with Crippen molar-refractivity contribution in [3.8, 4) is 11.4 Å². The van der Waals surface area contributed by atoms with E-state index in [1.54, 1.807) is 19.2 Å². The van der Waals surface area contributed by atoms with Gasteiger partial charge in [-0.3, -0.25) is 4.79 Å². The summed E-state index contributed by atoms with van der Waals surface area (Å²) in [4.78, 5) is 18.4. The molecule has 2 heterocycles. The third kappa shape index (κ3) is 2.56. The maximum atomic E-state index is 13.1. The fourth-order valence-electron chi connectivity index (χ4n) is 5.34. The van der Waals surface area contributed by atoms with E-state index in [2.05, 4.69) is 14.7 Å². The average molecular weight is 393 g/mol. The van der Waals surface area contributed by atoms with Gasteiger partial charge in [-0.1, -0.05) is 17.3 Å². The van der Waals surface area contributed by atoms with Crippen LogP contribution in [0.2, 0.25) is 0 Å². The van der Waals surface area contributed by atoms with E-state index in [0.29, 0.717) is 28.9 Å². The first-order valence-corrected chi connectivity index (χ1v) is 9.22. The third-order valence-corrected chi connectivity index (χ3v) is 6.41. The van der Waals surface area contributed by atoms with Gasteiger partial charge in [-0.15, -0.1) is 0 Å². The quantitative estimate of drug-likeness (QED) is 0.801. The van der Waals surface area contributed by atoms with Crippen LogP contribution in [0.1, 0.15) is 29.1 Å². The summed E-state index contributed by atoms with van der Waals surface area (Å²) >= 11 is 0. The van der Waals surface area contributed by atoms with E-state index < -0.39 is 12.1 Å². The van der Waals surface area contributed by atoms with E-state index >= 15 is 0 Å². The molecule has 1 saturated heterocycles. The Kier molecular flexibility index (Phi) is 3.81. The standard InChI is InChI=1S/C19H18F3N3O3/c1-27-15-11-6-12-8-25(14(15)13(12)7-11)17(26)10-4-2-9(3-5-10)16-23-18(28-24-16)19(20,21)22/h2-5,11-15H,6-8H2,1H3/t11-,12-,13-,14-,15+/m0/s1. The summed E-state index contributed by atoms with van der Waals surface area (Å²) in [6, 6.07) is 6.38. The van der Waals surface area contributed by atoms with Crippen molar-refractivity contribution in [1.82, 2.24) is 15.0 Å². The lowest BCUT2D eigenvalue weighted by Gasteiger charge is -2.31. The van der Waals surface area contributed by atoms with Gasteiger partial charge in [0.05, 0.1) is 12.1 Å². The Morgan fingerprint density at radius 2 is 1.96 bits per heavy atom. The Morgan fingerprint density at radius 3 is 2.61 bits per heavy atom. The first-order chi connectivity index (χ1) is 13.4. The number of alkyl halides is 3. The summed E-state index contributed by atoms with van der Waals surface area (Å²) in [5, 5.41) is 3.37. The molecule has 2 bridgehead atoms. The zero-order valence-corrected chi connectivity index (χ0v) is 15.0. The Hall–Kier alpha value is -2.42. The number of carbonyl (C=O) groups excluding carboxylic acids is 1. The molecule has 0 radical (unpaired) electrons. The Labute approximate surface area is 158 Å². The van der Waals surface area contributed by atoms with Crippen LogP contribution in [-0.2, 0) is 10.9 Å². The highest BCUT2D eigenvalue weighted by Crippen LogP contribution is 2.56. The maximum absolute atomic E-state index is 13.1. The Bertz CT molecular complexity index is 909. The lowest BCUT2D eigenvalue weighted by atomic mass is 9.88. The van der Waals surface area contributed by atoms with Gasteiger partial charge in [-0.2, -0.15) is 18.2 Å². The molecule has 148 valence electrons. The second kappa shape index (κ2) is 6.04. The average Bonchev–Trinajstić information content (AvgIpc) is 3.40. The molecule has 1 aliphatic heterocycles. The van der Waals surface area contributed by atoms with Gasteiger partial charge in [0.25, 0.3) is 5.91 Å². The van der Waals surface area contributed by atoms with Gasteiger partial charge in [-0.25, -0.2) is 0 Å². The van der Waals surface area contributed by atoms with Gasteiger partial charge in [0.2, 0.25) is 5.82 Å². The molecule has 1 amide bonds. The summed E-state index contributed by atoms with van der Waals surface area (Å²) < 4.78 is 47.8. The minimum atomic E-state index is -4.69. The number of halogens is 3. The molecule has 3 aliphatic rings. The number of carbonyl (C=O) groups is 1. The van der Waals surface area contributed by atoms with Gasteiger partial charge in [-0.05, 0) is 42.7 Å². The Balaban J connectivity index is 1.36. The summed E-state index contributed by atoms with van der Waals surface area (Å²) in [6.07, 6.45) is -2.36. The Morgan fingerprint density at radius 1 is 1.21 bits per heavy atom. The van der Waals surface area contributed by atoms with E-state index in [1.807, 2.05) is 4.90 Å². The molecule has 0 unspecified atom stereocenters. The van der Waals surface area contributed by atoms with Crippen molar-refractivity contribution in [3.63, 3.8) is 0 Å². The fraction of sp³-hybridized carbons (Fsp3) is 0.526. The molecule has 2 aliphatic carbocycles. The minimum absolute atomic E-state index is 0.0715. The van der Waals surface area contributed by atoms with E-state index in [-0.39, 0.29) is 23.9 Å². The van der Waals surface area contributed by atoms with E-state index in [0.717, 1.165) is 19.4 Å². The summed E-state index contributed by atoms with van der Waals surface area (Å²) in [6.45, 7) is 0.742. The molecule has 2 aromatic rings. The number of likely N-dealkylation sites (tertiary alicyclic amines) is 1. The second-order valence-corrected chi connectivity index (χ2v) is 7.80. The zero-order valence-electron chi connectivity index (χ0n) is 15.0. The largest absolute Gasteiger partial charge is 0.471 e. The minimum Gasteiger partial charge on any atom is -0.379 e. The van der Waals surface area contributed by atoms with Crippen molar-refractivity contribution in [1.29, 1.82) is 0 Å². The molecule has 2 saturated carbocycles. The number of ether oxygens (including phenoxy) is 1. The van der Waals surface area contributed by atoms with Crippen molar-refractivity contribution < 1.29 is 27.2 Å². The molecule has 5 atom stereocenters. The van der Waals surface area contributed by atoms with Crippen molar-refractivity contribution in [2.24, 2.45) is 17.8 Å². The molecule has 6 nitrogen and oxygen atoms in total. The predicted molar refractivity (Wildman–Crippen MR) is 90.1 cm³/mol. The topological polar surface area (TPSA) is 68.5 Å². The maximum Gasteiger partial charge on any atom is 0.471 e. The van der Waals surface area contributed by atoms with Gasteiger partial charge < -0.3 is 14.2 Å². The van der Waals surface area contributed by atoms with E-state index in [1.165, 1.54) is 12.1 Å². The van der Waals surface area contributed by atoms with Crippen molar-refractivity contribution in [3.05, 3.63) is 35.7 Å². The zero-order chi connectivity index (χ0) is 19.6. The lowest BCUT2D eigenvalue weighted by molar-refractivity contribution is -0.159. The number of rotatable bonds is 3. The number of methoxy groups -OCH3 is 1. The van der Waals surface area contributed by atoms with E-state index in [4.69, 9.17) is 4.74 Å². The first kappa shape index (κ1) is 17.7. The van der Waals surface area contributed by atoms with Crippen LogP contribution in [0.5, 0.6) is 0 Å². The highest BCUT2D eigenvalue weighted by atomic mass is 19.4. The molecular weight excluding hydrogens is 375 g/mol. The van der Waals surface area contributed by atoms with Crippen LogP contribution in [0, 0.1) is 17.8 Å². The van der Waals surface area contributed by atoms with Crippen LogP contribution in [0.4, 0.5) is 13.2 Å². The summed E-state index contributed by atoms with van der Waals surface area (Å²) in [7, 11) is 1.70. The molecule has 1 aromatic carbocycles.